The Kier molecular flexibility index (Phi) is 3.59. The van der Waals surface area contributed by atoms with Crippen molar-refractivity contribution in [2.24, 2.45) is 0 Å². The number of benzene rings is 1. The summed E-state index contributed by atoms with van der Waals surface area (Å²) in [7, 11) is 2.83. The predicted molar refractivity (Wildman–Crippen MR) is 64.6 cm³/mol. The molecule has 1 aliphatic rings. The van der Waals surface area contributed by atoms with Gasteiger partial charge in [-0.3, -0.25) is 0 Å². The number of ether oxygens (including phenoxy) is 2. The SMILES string of the molecule is COC(=O)c1cc2c(cc1OC)[C@H](O)CCS2. The molecule has 0 aromatic heterocycles. The minimum Gasteiger partial charge on any atom is -0.496 e. The fourth-order valence-corrected chi connectivity index (χ4v) is 2.96. The lowest BCUT2D eigenvalue weighted by molar-refractivity contribution is 0.0596. The van der Waals surface area contributed by atoms with Crippen molar-refractivity contribution in [1.29, 1.82) is 0 Å². The van der Waals surface area contributed by atoms with Crippen LogP contribution in [0, 0.1) is 0 Å². The van der Waals surface area contributed by atoms with Crippen molar-refractivity contribution >= 4 is 17.7 Å². The first-order valence-corrected chi connectivity index (χ1v) is 6.27. The van der Waals surface area contributed by atoms with E-state index in [1.807, 2.05) is 0 Å². The summed E-state index contributed by atoms with van der Waals surface area (Å²) < 4.78 is 9.87. The summed E-state index contributed by atoms with van der Waals surface area (Å²) in [4.78, 5) is 12.5. The minimum atomic E-state index is -0.480. The van der Waals surface area contributed by atoms with Crippen LogP contribution in [0.2, 0.25) is 0 Å². The number of carbonyl (C=O) groups is 1. The molecule has 0 aliphatic carbocycles. The van der Waals surface area contributed by atoms with Crippen LogP contribution in [0.15, 0.2) is 17.0 Å². The Balaban J connectivity index is 2.51. The molecule has 1 atom stereocenters. The maximum Gasteiger partial charge on any atom is 0.341 e. The van der Waals surface area contributed by atoms with E-state index in [2.05, 4.69) is 0 Å². The number of methoxy groups -OCH3 is 2. The zero-order valence-corrected chi connectivity index (χ0v) is 10.5. The molecule has 1 aromatic carbocycles. The number of aliphatic hydroxyl groups is 1. The molecule has 4 nitrogen and oxygen atoms in total. The molecule has 1 heterocycles. The first kappa shape index (κ1) is 12.3. The number of esters is 1. The first-order chi connectivity index (χ1) is 8.17. The Morgan fingerprint density at radius 2 is 2.24 bits per heavy atom. The zero-order valence-electron chi connectivity index (χ0n) is 9.73. The van der Waals surface area contributed by atoms with Crippen LogP contribution < -0.4 is 4.74 Å². The second-order valence-electron chi connectivity index (χ2n) is 3.73. The van der Waals surface area contributed by atoms with Gasteiger partial charge in [-0.25, -0.2) is 4.79 Å². The molecule has 0 saturated carbocycles. The van der Waals surface area contributed by atoms with E-state index in [4.69, 9.17) is 9.47 Å². The van der Waals surface area contributed by atoms with Crippen LogP contribution in [0.5, 0.6) is 5.75 Å². The molecule has 92 valence electrons. The number of hydrogen-bond acceptors (Lipinski definition) is 5. The third-order valence-electron chi connectivity index (χ3n) is 2.75. The van der Waals surface area contributed by atoms with E-state index < -0.39 is 12.1 Å². The molecule has 0 saturated heterocycles. The molecule has 0 fully saturated rings. The van der Waals surface area contributed by atoms with Crippen molar-refractivity contribution < 1.29 is 19.4 Å². The van der Waals surface area contributed by atoms with Crippen molar-refractivity contribution in [2.45, 2.75) is 17.4 Å². The maximum atomic E-state index is 11.6. The zero-order chi connectivity index (χ0) is 12.4. The summed E-state index contributed by atoms with van der Waals surface area (Å²) >= 11 is 1.63. The van der Waals surface area contributed by atoms with Crippen LogP contribution in [0.1, 0.15) is 28.4 Å². The van der Waals surface area contributed by atoms with E-state index in [-0.39, 0.29) is 0 Å². The quantitative estimate of drug-likeness (QED) is 0.818. The highest BCUT2D eigenvalue weighted by Gasteiger charge is 2.23. The third kappa shape index (κ3) is 2.25. The summed E-state index contributed by atoms with van der Waals surface area (Å²) in [5, 5.41) is 9.88. The fourth-order valence-electron chi connectivity index (χ4n) is 1.84. The molecular weight excluding hydrogens is 240 g/mol. The van der Waals surface area contributed by atoms with E-state index in [0.29, 0.717) is 11.3 Å². The smallest absolute Gasteiger partial charge is 0.341 e. The van der Waals surface area contributed by atoms with Crippen molar-refractivity contribution in [2.75, 3.05) is 20.0 Å². The largest absolute Gasteiger partial charge is 0.496 e. The molecule has 17 heavy (non-hydrogen) atoms. The van der Waals surface area contributed by atoms with Crippen molar-refractivity contribution in [3.05, 3.63) is 23.3 Å². The lowest BCUT2D eigenvalue weighted by Crippen LogP contribution is -2.10. The standard InChI is InChI=1S/C12H14O4S/c1-15-10-5-7-9(13)3-4-17-11(7)6-8(10)12(14)16-2/h5-6,9,13H,3-4H2,1-2H3/t9-/m1/s1. The summed E-state index contributed by atoms with van der Waals surface area (Å²) in [6, 6.07) is 3.45. The first-order valence-electron chi connectivity index (χ1n) is 5.28. The van der Waals surface area contributed by atoms with Gasteiger partial charge in [-0.1, -0.05) is 0 Å². The number of aliphatic hydroxyl groups excluding tert-OH is 1. The van der Waals surface area contributed by atoms with Gasteiger partial charge in [-0.15, -0.1) is 11.8 Å². The van der Waals surface area contributed by atoms with Crippen molar-refractivity contribution in [3.8, 4) is 5.75 Å². The molecule has 5 heteroatoms. The van der Waals surface area contributed by atoms with Gasteiger partial charge in [0.1, 0.15) is 11.3 Å². The maximum absolute atomic E-state index is 11.6. The second-order valence-corrected chi connectivity index (χ2v) is 4.87. The van der Waals surface area contributed by atoms with Gasteiger partial charge < -0.3 is 14.6 Å². The molecule has 1 aromatic rings. The van der Waals surface area contributed by atoms with E-state index in [1.54, 1.807) is 23.9 Å². The van der Waals surface area contributed by atoms with Gasteiger partial charge in [0.2, 0.25) is 0 Å². The average molecular weight is 254 g/mol. The van der Waals surface area contributed by atoms with Gasteiger partial charge in [0, 0.05) is 10.6 Å². The van der Waals surface area contributed by atoms with E-state index in [9.17, 15) is 9.90 Å². The van der Waals surface area contributed by atoms with Gasteiger partial charge in [0.15, 0.2) is 0 Å². The normalized spacial score (nSPS) is 18.4. The number of rotatable bonds is 2. The van der Waals surface area contributed by atoms with Crippen molar-refractivity contribution in [3.63, 3.8) is 0 Å². The van der Waals surface area contributed by atoms with Gasteiger partial charge >= 0.3 is 5.97 Å². The average Bonchev–Trinajstić information content (AvgIpc) is 2.37. The van der Waals surface area contributed by atoms with Crippen LogP contribution in [0.25, 0.3) is 0 Å². The topological polar surface area (TPSA) is 55.8 Å². The lowest BCUT2D eigenvalue weighted by Gasteiger charge is -2.22. The highest BCUT2D eigenvalue weighted by molar-refractivity contribution is 7.99. The molecule has 1 N–H and O–H groups in total. The highest BCUT2D eigenvalue weighted by atomic mass is 32.2. The fraction of sp³-hybridized carbons (Fsp3) is 0.417. The monoisotopic (exact) mass is 254 g/mol. The molecule has 0 unspecified atom stereocenters. The number of fused-ring (bicyclic) bond motifs is 1. The molecule has 0 bridgehead atoms. The van der Waals surface area contributed by atoms with Gasteiger partial charge in [-0.2, -0.15) is 0 Å². The summed E-state index contributed by atoms with van der Waals surface area (Å²) in [6.45, 7) is 0. The van der Waals surface area contributed by atoms with Crippen LogP contribution in [-0.2, 0) is 4.74 Å². The summed E-state index contributed by atoms with van der Waals surface area (Å²) in [6.07, 6.45) is 0.241. The van der Waals surface area contributed by atoms with Gasteiger partial charge in [0.25, 0.3) is 0 Å². The molecule has 0 spiro atoms. The Labute approximate surface area is 104 Å². The van der Waals surface area contributed by atoms with E-state index in [1.165, 1.54) is 14.2 Å². The van der Waals surface area contributed by atoms with Crippen LogP contribution >= 0.6 is 11.8 Å². The Bertz CT molecular complexity index is 444. The van der Waals surface area contributed by atoms with Crippen LogP contribution in [-0.4, -0.2) is 31.0 Å². The molecule has 0 radical (unpaired) electrons. The van der Waals surface area contributed by atoms with Gasteiger partial charge in [0.05, 0.1) is 20.3 Å². The molecular formula is C12H14O4S. The predicted octanol–water partition coefficient (Wildman–Crippen LogP) is 2.01. The Morgan fingerprint density at radius 3 is 2.88 bits per heavy atom. The number of thioether (sulfide) groups is 1. The summed E-state index contributed by atoms with van der Waals surface area (Å²) in [5.74, 6) is 0.864. The highest BCUT2D eigenvalue weighted by Crippen LogP contribution is 2.39. The molecule has 2 rings (SSSR count). The second kappa shape index (κ2) is 4.98. The van der Waals surface area contributed by atoms with E-state index >= 15 is 0 Å². The number of hydrogen-bond donors (Lipinski definition) is 1. The van der Waals surface area contributed by atoms with Crippen LogP contribution in [0.3, 0.4) is 0 Å². The number of carbonyl (C=O) groups excluding carboxylic acids is 1. The van der Waals surface area contributed by atoms with E-state index in [0.717, 1.165) is 22.6 Å². The van der Waals surface area contributed by atoms with Crippen molar-refractivity contribution in [1.82, 2.24) is 0 Å². The molecule has 1 aliphatic heterocycles. The minimum absolute atomic E-state index is 0.398. The van der Waals surface area contributed by atoms with Crippen LogP contribution in [0.4, 0.5) is 0 Å². The Hall–Kier alpha value is -1.20. The lowest BCUT2D eigenvalue weighted by atomic mass is 10.0. The Morgan fingerprint density at radius 1 is 1.47 bits per heavy atom. The third-order valence-corrected chi connectivity index (χ3v) is 3.85. The summed E-state index contributed by atoms with van der Waals surface area (Å²) in [5.41, 5.74) is 1.22. The molecule has 0 amide bonds. The van der Waals surface area contributed by atoms with Gasteiger partial charge in [-0.05, 0) is 24.1 Å².